The highest BCUT2D eigenvalue weighted by molar-refractivity contribution is 5.85. The van der Waals surface area contributed by atoms with E-state index in [1.165, 1.54) is 11.1 Å². The van der Waals surface area contributed by atoms with Crippen LogP contribution in [-0.4, -0.2) is 19.2 Å². The SMILES string of the molecule is Cc1cc(NCc2ccccc2Cn2cccn2)n2c(nc3ccccc32)c1C#N. The third kappa shape index (κ3) is 3.07. The normalized spacial score (nSPS) is 11.1. The first-order valence-electron chi connectivity index (χ1n) is 9.83. The van der Waals surface area contributed by atoms with E-state index >= 15 is 0 Å². The summed E-state index contributed by atoms with van der Waals surface area (Å²) >= 11 is 0. The molecule has 0 saturated heterocycles. The van der Waals surface area contributed by atoms with E-state index in [4.69, 9.17) is 4.98 Å². The number of hydrogen-bond acceptors (Lipinski definition) is 4. The summed E-state index contributed by atoms with van der Waals surface area (Å²) in [5, 5.41) is 17.6. The molecule has 3 aromatic heterocycles. The molecule has 2 aromatic carbocycles. The molecule has 0 bridgehead atoms. The number of benzene rings is 2. The minimum atomic E-state index is 0.607. The van der Waals surface area contributed by atoms with Crippen molar-refractivity contribution in [3.8, 4) is 6.07 Å². The largest absolute Gasteiger partial charge is 0.367 e. The Kier molecular flexibility index (Phi) is 4.41. The number of aromatic nitrogens is 4. The summed E-state index contributed by atoms with van der Waals surface area (Å²) < 4.78 is 3.96. The lowest BCUT2D eigenvalue weighted by Gasteiger charge is -2.15. The highest BCUT2D eigenvalue weighted by Crippen LogP contribution is 2.27. The Hall–Kier alpha value is -4.11. The zero-order valence-corrected chi connectivity index (χ0v) is 16.6. The molecule has 1 N–H and O–H groups in total. The molecule has 3 heterocycles. The predicted molar refractivity (Wildman–Crippen MR) is 117 cm³/mol. The Bertz CT molecular complexity index is 1390. The molecule has 0 aliphatic heterocycles. The summed E-state index contributed by atoms with van der Waals surface area (Å²) in [6.45, 7) is 3.33. The van der Waals surface area contributed by atoms with Gasteiger partial charge in [0.1, 0.15) is 11.9 Å². The average molecular weight is 392 g/mol. The van der Waals surface area contributed by atoms with Gasteiger partial charge in [0.2, 0.25) is 0 Å². The lowest BCUT2D eigenvalue weighted by atomic mass is 10.1. The van der Waals surface area contributed by atoms with Gasteiger partial charge >= 0.3 is 0 Å². The number of anilines is 1. The molecule has 0 unspecified atom stereocenters. The van der Waals surface area contributed by atoms with Crippen molar-refractivity contribution >= 4 is 22.5 Å². The molecule has 0 atom stereocenters. The van der Waals surface area contributed by atoms with Crippen molar-refractivity contribution in [1.29, 1.82) is 5.26 Å². The topological polar surface area (TPSA) is 70.9 Å². The maximum Gasteiger partial charge on any atom is 0.157 e. The van der Waals surface area contributed by atoms with Crippen LogP contribution in [0.2, 0.25) is 0 Å². The summed E-state index contributed by atoms with van der Waals surface area (Å²) in [7, 11) is 0. The number of rotatable bonds is 5. The molecule has 0 spiro atoms. The van der Waals surface area contributed by atoms with Crippen molar-refractivity contribution in [3.63, 3.8) is 0 Å². The Balaban J connectivity index is 1.55. The van der Waals surface area contributed by atoms with Gasteiger partial charge in [0.25, 0.3) is 0 Å². The first-order chi connectivity index (χ1) is 14.7. The molecule has 0 saturated carbocycles. The fraction of sp³-hybridized carbons (Fsp3) is 0.125. The summed E-state index contributed by atoms with van der Waals surface area (Å²) in [5.74, 6) is 0.920. The Morgan fingerprint density at radius 1 is 1.03 bits per heavy atom. The van der Waals surface area contributed by atoms with Gasteiger partial charge in [-0.2, -0.15) is 10.4 Å². The Morgan fingerprint density at radius 2 is 1.83 bits per heavy atom. The van der Waals surface area contributed by atoms with Crippen molar-refractivity contribution in [3.05, 3.63) is 95.3 Å². The molecule has 0 amide bonds. The number of pyridine rings is 1. The van der Waals surface area contributed by atoms with Gasteiger partial charge in [-0.15, -0.1) is 0 Å². The van der Waals surface area contributed by atoms with Crippen molar-refractivity contribution in [2.45, 2.75) is 20.0 Å². The van der Waals surface area contributed by atoms with Gasteiger partial charge in [-0.05, 0) is 47.9 Å². The Morgan fingerprint density at radius 3 is 2.63 bits per heavy atom. The summed E-state index contributed by atoms with van der Waals surface area (Å²) in [4.78, 5) is 4.72. The van der Waals surface area contributed by atoms with Gasteiger partial charge in [-0.25, -0.2) is 4.98 Å². The molecule has 5 aromatic rings. The second-order valence-electron chi connectivity index (χ2n) is 7.28. The van der Waals surface area contributed by atoms with Gasteiger partial charge in [0, 0.05) is 18.9 Å². The lowest BCUT2D eigenvalue weighted by molar-refractivity contribution is 0.682. The zero-order valence-electron chi connectivity index (χ0n) is 16.6. The van der Waals surface area contributed by atoms with Crippen molar-refractivity contribution in [2.24, 2.45) is 0 Å². The molecule has 5 rings (SSSR count). The van der Waals surface area contributed by atoms with E-state index in [0.29, 0.717) is 17.8 Å². The molecule has 6 nitrogen and oxygen atoms in total. The molecular weight excluding hydrogens is 372 g/mol. The van der Waals surface area contributed by atoms with Crippen LogP contribution in [0.25, 0.3) is 16.7 Å². The first-order valence-corrected chi connectivity index (χ1v) is 9.83. The molecule has 0 aliphatic rings. The van der Waals surface area contributed by atoms with E-state index in [0.717, 1.165) is 29.0 Å². The van der Waals surface area contributed by atoms with Crippen LogP contribution in [0.4, 0.5) is 5.82 Å². The predicted octanol–water partition coefficient (Wildman–Crippen LogP) is 4.52. The number of fused-ring (bicyclic) bond motifs is 3. The third-order valence-corrected chi connectivity index (χ3v) is 5.35. The summed E-state index contributed by atoms with van der Waals surface area (Å²) in [6, 6.07) is 22.6. The standard InChI is InChI=1S/C24H20N6/c1-17-13-23(30-22-10-5-4-9-21(22)28-24(30)20(17)14-25)26-15-18-7-2-3-8-19(18)16-29-12-6-11-27-29/h2-13,26H,15-16H2,1H3. The monoisotopic (exact) mass is 392 g/mol. The second kappa shape index (κ2) is 7.37. The van der Waals surface area contributed by atoms with Crippen LogP contribution < -0.4 is 5.32 Å². The van der Waals surface area contributed by atoms with Gasteiger partial charge in [0.15, 0.2) is 5.65 Å². The quantitative estimate of drug-likeness (QED) is 0.477. The minimum Gasteiger partial charge on any atom is -0.367 e. The molecule has 146 valence electrons. The van der Waals surface area contributed by atoms with E-state index in [9.17, 15) is 5.26 Å². The van der Waals surface area contributed by atoms with Gasteiger partial charge in [0.05, 0.1) is 23.1 Å². The van der Waals surface area contributed by atoms with Gasteiger partial charge in [-0.1, -0.05) is 36.4 Å². The van der Waals surface area contributed by atoms with E-state index < -0.39 is 0 Å². The summed E-state index contributed by atoms with van der Waals surface area (Å²) in [6.07, 6.45) is 3.76. The third-order valence-electron chi connectivity index (χ3n) is 5.35. The van der Waals surface area contributed by atoms with Crippen LogP contribution in [0, 0.1) is 18.3 Å². The molecular formula is C24H20N6. The van der Waals surface area contributed by atoms with Crippen LogP contribution >= 0.6 is 0 Å². The fourth-order valence-corrected chi connectivity index (χ4v) is 3.86. The molecule has 0 fully saturated rings. The maximum atomic E-state index is 9.67. The number of nitrogens with zero attached hydrogens (tertiary/aromatic N) is 5. The lowest BCUT2D eigenvalue weighted by Crippen LogP contribution is -2.09. The van der Waals surface area contributed by atoms with E-state index in [-0.39, 0.29) is 0 Å². The summed E-state index contributed by atoms with van der Waals surface area (Å²) in [5.41, 5.74) is 6.48. The number of para-hydroxylation sites is 2. The molecule has 0 radical (unpaired) electrons. The zero-order chi connectivity index (χ0) is 20.5. The van der Waals surface area contributed by atoms with Crippen LogP contribution in [0.1, 0.15) is 22.3 Å². The smallest absolute Gasteiger partial charge is 0.157 e. The molecule has 0 aliphatic carbocycles. The van der Waals surface area contributed by atoms with Crippen LogP contribution in [-0.2, 0) is 13.1 Å². The van der Waals surface area contributed by atoms with E-state index in [1.807, 2.05) is 58.6 Å². The van der Waals surface area contributed by atoms with Crippen molar-refractivity contribution < 1.29 is 0 Å². The van der Waals surface area contributed by atoms with Crippen LogP contribution in [0.15, 0.2) is 73.1 Å². The number of imidazole rings is 1. The fourth-order valence-electron chi connectivity index (χ4n) is 3.86. The number of aryl methyl sites for hydroxylation is 1. The maximum absolute atomic E-state index is 9.67. The highest BCUT2D eigenvalue weighted by Gasteiger charge is 2.15. The van der Waals surface area contributed by atoms with Gasteiger partial charge in [-0.3, -0.25) is 9.08 Å². The first kappa shape index (κ1) is 18.0. The second-order valence-corrected chi connectivity index (χ2v) is 7.28. The number of nitriles is 1. The van der Waals surface area contributed by atoms with Crippen molar-refractivity contribution in [2.75, 3.05) is 5.32 Å². The number of hydrogen-bond donors (Lipinski definition) is 1. The van der Waals surface area contributed by atoms with Crippen LogP contribution in [0.3, 0.4) is 0 Å². The molecule has 30 heavy (non-hydrogen) atoms. The van der Waals surface area contributed by atoms with E-state index in [2.05, 4.69) is 40.8 Å². The average Bonchev–Trinajstić information content (AvgIpc) is 3.40. The van der Waals surface area contributed by atoms with Gasteiger partial charge < -0.3 is 5.32 Å². The van der Waals surface area contributed by atoms with Crippen LogP contribution in [0.5, 0.6) is 0 Å². The van der Waals surface area contributed by atoms with Crippen molar-refractivity contribution in [1.82, 2.24) is 19.2 Å². The highest BCUT2D eigenvalue weighted by atomic mass is 15.3. The molecule has 6 heteroatoms. The Labute approximate surface area is 174 Å². The minimum absolute atomic E-state index is 0.607. The van der Waals surface area contributed by atoms with E-state index in [1.54, 1.807) is 6.20 Å². The number of nitrogens with one attached hydrogen (secondary N) is 1.